The average molecular weight is 491 g/mol. The van der Waals surface area contributed by atoms with Crippen LogP contribution in [-0.4, -0.2) is 48.0 Å². The van der Waals surface area contributed by atoms with E-state index in [1.807, 2.05) is 0 Å². The van der Waals surface area contributed by atoms with Crippen molar-refractivity contribution in [3.63, 3.8) is 0 Å². The maximum absolute atomic E-state index is 13.0. The van der Waals surface area contributed by atoms with E-state index in [1.165, 1.54) is 41.4 Å². The lowest BCUT2D eigenvalue weighted by molar-refractivity contribution is 0.0826. The molecule has 0 aliphatic rings. The number of aldehydes is 1. The Morgan fingerprint density at radius 1 is 0.943 bits per heavy atom. The zero-order chi connectivity index (χ0) is 25.1. The molecule has 0 aliphatic carbocycles. The van der Waals surface area contributed by atoms with Gasteiger partial charge < -0.3 is 20.0 Å². The molecule has 4 rings (SSSR count). The van der Waals surface area contributed by atoms with Crippen LogP contribution in [0.4, 0.5) is 11.5 Å². The number of pyridine rings is 1. The van der Waals surface area contributed by atoms with Crippen molar-refractivity contribution in [1.29, 1.82) is 0 Å². The summed E-state index contributed by atoms with van der Waals surface area (Å²) in [4.78, 5) is 55.3. The Morgan fingerprint density at radius 3 is 2.29 bits per heavy atom. The summed E-state index contributed by atoms with van der Waals surface area (Å²) >= 11 is 5.84. The van der Waals surface area contributed by atoms with E-state index in [0.717, 1.165) is 0 Å². The van der Waals surface area contributed by atoms with Gasteiger partial charge in [-0.25, -0.2) is 4.98 Å². The highest BCUT2D eigenvalue weighted by Crippen LogP contribution is 2.34. The summed E-state index contributed by atoms with van der Waals surface area (Å²) in [7, 11) is 3.26. The fraction of sp³-hybridized carbons (Fsp3) is 0.0800. The Bertz CT molecular complexity index is 1440. The van der Waals surface area contributed by atoms with Crippen LogP contribution in [0, 0.1) is 0 Å². The third-order valence-electron chi connectivity index (χ3n) is 5.09. The van der Waals surface area contributed by atoms with Crippen molar-refractivity contribution in [2.45, 2.75) is 0 Å². The molecule has 0 radical (unpaired) electrons. The topological polar surface area (TPSA) is 122 Å². The zero-order valence-corrected chi connectivity index (χ0v) is 19.4. The number of aromatic nitrogens is 1. The lowest BCUT2D eigenvalue weighted by atomic mass is 10.1. The van der Waals surface area contributed by atoms with Gasteiger partial charge in [0.2, 0.25) is 5.76 Å². The van der Waals surface area contributed by atoms with Crippen molar-refractivity contribution in [1.82, 2.24) is 9.88 Å². The highest BCUT2D eigenvalue weighted by molar-refractivity contribution is 6.30. The van der Waals surface area contributed by atoms with Crippen LogP contribution in [0.5, 0.6) is 0 Å². The van der Waals surface area contributed by atoms with Crippen LogP contribution >= 0.6 is 11.6 Å². The first-order chi connectivity index (χ1) is 16.8. The number of nitrogens with one attached hydrogen (secondary N) is 2. The maximum atomic E-state index is 13.0. The Hall–Kier alpha value is -4.50. The summed E-state index contributed by atoms with van der Waals surface area (Å²) in [6.45, 7) is 0. The van der Waals surface area contributed by atoms with Crippen LogP contribution in [0.25, 0.3) is 11.0 Å². The molecule has 3 amide bonds. The van der Waals surface area contributed by atoms with Gasteiger partial charge >= 0.3 is 0 Å². The molecule has 2 aromatic heterocycles. The number of fused-ring (bicyclic) bond motifs is 1. The van der Waals surface area contributed by atoms with Gasteiger partial charge in [-0.2, -0.15) is 0 Å². The van der Waals surface area contributed by atoms with Crippen molar-refractivity contribution in [3.8, 4) is 0 Å². The van der Waals surface area contributed by atoms with Gasteiger partial charge in [0, 0.05) is 37.0 Å². The number of rotatable bonds is 6. The Kier molecular flexibility index (Phi) is 6.61. The second-order valence-electron chi connectivity index (χ2n) is 7.69. The first kappa shape index (κ1) is 23.7. The van der Waals surface area contributed by atoms with Crippen molar-refractivity contribution in [2.75, 3.05) is 24.7 Å². The van der Waals surface area contributed by atoms with Crippen molar-refractivity contribution in [2.24, 2.45) is 0 Å². The number of nitrogens with zero attached hydrogens (tertiary/aromatic N) is 2. The Balaban J connectivity index is 1.70. The van der Waals surface area contributed by atoms with Crippen LogP contribution in [0.15, 0.2) is 65.2 Å². The highest BCUT2D eigenvalue weighted by atomic mass is 35.5. The number of carbonyl (C=O) groups excluding carboxylic acids is 4. The van der Waals surface area contributed by atoms with E-state index in [0.29, 0.717) is 16.9 Å². The predicted octanol–water partition coefficient (Wildman–Crippen LogP) is 4.50. The molecular weight excluding hydrogens is 472 g/mol. The van der Waals surface area contributed by atoms with E-state index in [4.69, 9.17) is 16.0 Å². The van der Waals surface area contributed by atoms with Crippen molar-refractivity contribution < 1.29 is 23.6 Å². The molecule has 0 fully saturated rings. The third kappa shape index (κ3) is 4.90. The summed E-state index contributed by atoms with van der Waals surface area (Å²) < 4.78 is 5.72. The normalized spacial score (nSPS) is 10.6. The number of anilines is 2. The van der Waals surface area contributed by atoms with Gasteiger partial charge in [0.05, 0.1) is 10.4 Å². The van der Waals surface area contributed by atoms with E-state index in [1.54, 1.807) is 38.4 Å². The van der Waals surface area contributed by atoms with Gasteiger partial charge in [-0.15, -0.1) is 0 Å². The van der Waals surface area contributed by atoms with E-state index < -0.39 is 11.8 Å². The number of amides is 3. The second kappa shape index (κ2) is 9.78. The molecule has 0 saturated heterocycles. The van der Waals surface area contributed by atoms with Gasteiger partial charge in [-0.05, 0) is 42.5 Å². The van der Waals surface area contributed by atoms with Gasteiger partial charge in [0.15, 0.2) is 6.29 Å². The monoisotopic (exact) mass is 490 g/mol. The number of hydrogen-bond donors (Lipinski definition) is 2. The Labute approximate surface area is 204 Å². The number of benzene rings is 2. The van der Waals surface area contributed by atoms with Crippen molar-refractivity contribution in [3.05, 3.63) is 88.3 Å². The summed E-state index contributed by atoms with van der Waals surface area (Å²) in [5.74, 6) is -1.44. The standard InChI is InChI=1S/C25H19ClN4O5/c1-30(2)25(34)15-8-6-14(7-9-15)23(32)29-21-20-16(13-31)4-3-5-18(20)35-22(21)24(33)28-19-11-10-17(26)12-27-19/h3-13H,1-2H3,(H,29,32)(H,27,28,33). The minimum Gasteiger partial charge on any atom is -0.449 e. The number of carbonyl (C=O) groups is 4. The number of halogens is 1. The molecular formula is C25H19ClN4O5. The summed E-state index contributed by atoms with van der Waals surface area (Å²) in [6, 6.07) is 13.8. The first-order valence-corrected chi connectivity index (χ1v) is 10.7. The predicted molar refractivity (Wildman–Crippen MR) is 131 cm³/mol. The van der Waals surface area contributed by atoms with Crippen LogP contribution in [0.2, 0.25) is 5.02 Å². The van der Waals surface area contributed by atoms with Gasteiger partial charge in [0.25, 0.3) is 17.7 Å². The molecule has 2 aromatic carbocycles. The summed E-state index contributed by atoms with van der Waals surface area (Å²) in [6.07, 6.45) is 1.98. The average Bonchev–Trinajstić information content (AvgIpc) is 3.23. The van der Waals surface area contributed by atoms with E-state index >= 15 is 0 Å². The van der Waals surface area contributed by atoms with Gasteiger partial charge in [0.1, 0.15) is 17.1 Å². The van der Waals surface area contributed by atoms with Gasteiger partial charge in [-0.1, -0.05) is 23.7 Å². The fourth-order valence-corrected chi connectivity index (χ4v) is 3.50. The quantitative estimate of drug-likeness (QED) is 0.384. The first-order valence-electron chi connectivity index (χ1n) is 10.3. The maximum Gasteiger partial charge on any atom is 0.294 e. The minimum atomic E-state index is -0.685. The molecule has 2 heterocycles. The van der Waals surface area contributed by atoms with Crippen LogP contribution < -0.4 is 10.6 Å². The smallest absolute Gasteiger partial charge is 0.294 e. The molecule has 0 aliphatic heterocycles. The molecule has 0 atom stereocenters. The highest BCUT2D eigenvalue weighted by Gasteiger charge is 2.25. The number of furan rings is 1. The van der Waals surface area contributed by atoms with Crippen LogP contribution in [0.3, 0.4) is 0 Å². The zero-order valence-electron chi connectivity index (χ0n) is 18.7. The SMILES string of the molecule is CN(C)C(=O)c1ccc(C(=O)Nc2c(C(=O)Nc3ccc(Cl)cn3)oc3cccc(C=O)c23)cc1. The van der Waals surface area contributed by atoms with Crippen molar-refractivity contribution >= 4 is 58.1 Å². The molecule has 9 nitrogen and oxygen atoms in total. The summed E-state index contributed by atoms with van der Waals surface area (Å²) in [5, 5.41) is 5.94. The molecule has 2 N–H and O–H groups in total. The lowest BCUT2D eigenvalue weighted by Gasteiger charge is -2.11. The molecule has 0 bridgehead atoms. The van der Waals surface area contributed by atoms with Crippen LogP contribution in [-0.2, 0) is 0 Å². The molecule has 0 saturated carbocycles. The summed E-state index contributed by atoms with van der Waals surface area (Å²) in [5.41, 5.74) is 1.17. The largest absolute Gasteiger partial charge is 0.449 e. The molecule has 35 heavy (non-hydrogen) atoms. The second-order valence-corrected chi connectivity index (χ2v) is 8.13. The molecule has 176 valence electrons. The molecule has 0 unspecified atom stereocenters. The lowest BCUT2D eigenvalue weighted by Crippen LogP contribution is -2.22. The third-order valence-corrected chi connectivity index (χ3v) is 5.31. The molecule has 0 spiro atoms. The Morgan fingerprint density at radius 2 is 1.66 bits per heavy atom. The molecule has 4 aromatic rings. The molecule has 10 heteroatoms. The minimum absolute atomic E-state index is 0.0348. The number of hydrogen-bond acceptors (Lipinski definition) is 6. The van der Waals surface area contributed by atoms with Gasteiger partial charge in [-0.3, -0.25) is 19.2 Å². The van der Waals surface area contributed by atoms with E-state index in [2.05, 4.69) is 15.6 Å². The van der Waals surface area contributed by atoms with E-state index in [-0.39, 0.29) is 45.3 Å². The fourth-order valence-electron chi connectivity index (χ4n) is 3.38. The van der Waals surface area contributed by atoms with E-state index in [9.17, 15) is 19.2 Å². The van der Waals surface area contributed by atoms with Crippen LogP contribution in [0.1, 0.15) is 41.6 Å².